The van der Waals surface area contributed by atoms with E-state index in [1.54, 1.807) is 0 Å². The first-order valence-electron chi connectivity index (χ1n) is 8.01. The molecule has 1 unspecified atom stereocenters. The molecule has 2 aliphatic heterocycles. The van der Waals surface area contributed by atoms with Gasteiger partial charge in [-0.2, -0.15) is 0 Å². The lowest BCUT2D eigenvalue weighted by Gasteiger charge is -2.32. The fourth-order valence-electron chi connectivity index (χ4n) is 3.90. The Morgan fingerprint density at radius 3 is 2.78 bits per heavy atom. The van der Waals surface area contributed by atoms with Gasteiger partial charge >= 0.3 is 0 Å². The van der Waals surface area contributed by atoms with Gasteiger partial charge in [-0.15, -0.1) is 0 Å². The Bertz CT molecular complexity index is 927. The van der Waals surface area contributed by atoms with Crippen LogP contribution < -0.4 is 5.32 Å². The number of anilines is 1. The fourth-order valence-corrected chi connectivity index (χ4v) is 3.90. The molecule has 1 atom stereocenters. The standard InChI is InChI=1S/C19H17N3O/c23-19-18-9-14-13-6-2-4-8-16(13)20-17(14)11-22(18)10-12-5-1-3-7-15(12)21-19/h1-8,18,20H,9-11H2,(H,21,23). The van der Waals surface area contributed by atoms with Crippen molar-refractivity contribution >= 4 is 22.5 Å². The molecule has 2 N–H and O–H groups in total. The van der Waals surface area contributed by atoms with Crippen molar-refractivity contribution in [1.82, 2.24) is 9.88 Å². The van der Waals surface area contributed by atoms with E-state index in [1.807, 2.05) is 24.3 Å². The minimum atomic E-state index is -0.103. The van der Waals surface area contributed by atoms with Gasteiger partial charge in [0.2, 0.25) is 5.91 Å². The van der Waals surface area contributed by atoms with Crippen LogP contribution in [0, 0.1) is 0 Å². The Morgan fingerprint density at radius 2 is 1.83 bits per heavy atom. The number of aromatic amines is 1. The Hall–Kier alpha value is -2.59. The molecule has 0 spiro atoms. The molecule has 23 heavy (non-hydrogen) atoms. The molecule has 3 aromatic rings. The zero-order chi connectivity index (χ0) is 15.4. The summed E-state index contributed by atoms with van der Waals surface area (Å²) in [7, 11) is 0. The number of benzene rings is 2. The Labute approximate surface area is 134 Å². The van der Waals surface area contributed by atoms with Crippen molar-refractivity contribution in [2.45, 2.75) is 25.6 Å². The number of rotatable bonds is 0. The SMILES string of the molecule is O=C1Nc2ccccc2CN2Cc3[nH]c4ccccc4c3CC12. The van der Waals surface area contributed by atoms with Crippen LogP contribution >= 0.6 is 0 Å². The number of para-hydroxylation sites is 2. The quantitative estimate of drug-likeness (QED) is 0.670. The van der Waals surface area contributed by atoms with Crippen LogP contribution in [-0.4, -0.2) is 21.8 Å². The summed E-state index contributed by atoms with van der Waals surface area (Å²) in [5, 5.41) is 4.35. The summed E-state index contributed by atoms with van der Waals surface area (Å²) in [6, 6.07) is 16.3. The van der Waals surface area contributed by atoms with E-state index >= 15 is 0 Å². The number of carbonyl (C=O) groups is 1. The van der Waals surface area contributed by atoms with Gasteiger partial charge < -0.3 is 10.3 Å². The van der Waals surface area contributed by atoms with Crippen LogP contribution in [0.5, 0.6) is 0 Å². The molecule has 2 aromatic carbocycles. The summed E-state index contributed by atoms with van der Waals surface area (Å²) in [4.78, 5) is 18.5. The first kappa shape index (κ1) is 12.9. The first-order chi connectivity index (χ1) is 11.3. The third kappa shape index (κ3) is 1.92. The molecule has 0 saturated carbocycles. The van der Waals surface area contributed by atoms with Crippen molar-refractivity contribution in [3.63, 3.8) is 0 Å². The summed E-state index contributed by atoms with van der Waals surface area (Å²) < 4.78 is 0. The maximum Gasteiger partial charge on any atom is 0.242 e. The third-order valence-corrected chi connectivity index (χ3v) is 5.05. The molecule has 1 amide bonds. The monoisotopic (exact) mass is 303 g/mol. The second-order valence-corrected chi connectivity index (χ2v) is 6.40. The van der Waals surface area contributed by atoms with E-state index in [9.17, 15) is 4.79 Å². The van der Waals surface area contributed by atoms with E-state index in [1.165, 1.54) is 22.2 Å². The van der Waals surface area contributed by atoms with Crippen LogP contribution in [0.4, 0.5) is 5.69 Å². The molecule has 0 radical (unpaired) electrons. The highest BCUT2D eigenvalue weighted by atomic mass is 16.2. The summed E-state index contributed by atoms with van der Waals surface area (Å²) in [6.45, 7) is 1.59. The van der Waals surface area contributed by atoms with Crippen molar-refractivity contribution in [3.05, 3.63) is 65.4 Å². The normalized spacial score (nSPS) is 20.3. The number of nitrogens with one attached hydrogen (secondary N) is 2. The molecule has 0 bridgehead atoms. The molecule has 1 aromatic heterocycles. The predicted octanol–water partition coefficient (Wildman–Crippen LogP) is 3.05. The number of H-pyrrole nitrogens is 1. The maximum atomic E-state index is 12.7. The van der Waals surface area contributed by atoms with Crippen LogP contribution in [0.1, 0.15) is 16.8 Å². The van der Waals surface area contributed by atoms with E-state index in [2.05, 4.69) is 39.5 Å². The molecule has 3 heterocycles. The minimum absolute atomic E-state index is 0.103. The number of fused-ring (bicyclic) bond motifs is 5. The average Bonchev–Trinajstić information content (AvgIpc) is 2.86. The zero-order valence-corrected chi connectivity index (χ0v) is 12.7. The Morgan fingerprint density at radius 1 is 1.00 bits per heavy atom. The largest absolute Gasteiger partial charge is 0.357 e. The molecule has 0 fully saturated rings. The topological polar surface area (TPSA) is 48.1 Å². The maximum absolute atomic E-state index is 12.7. The molecule has 4 nitrogen and oxygen atoms in total. The van der Waals surface area contributed by atoms with Crippen LogP contribution in [0.25, 0.3) is 10.9 Å². The predicted molar refractivity (Wildman–Crippen MR) is 90.1 cm³/mol. The van der Waals surface area contributed by atoms with Gasteiger partial charge in [0.15, 0.2) is 0 Å². The van der Waals surface area contributed by atoms with Crippen LogP contribution in [0.2, 0.25) is 0 Å². The van der Waals surface area contributed by atoms with Gasteiger partial charge in [-0.3, -0.25) is 9.69 Å². The number of carbonyl (C=O) groups excluding carboxylic acids is 1. The Balaban J connectivity index is 1.60. The van der Waals surface area contributed by atoms with Gasteiger partial charge in [0.05, 0.1) is 6.04 Å². The van der Waals surface area contributed by atoms with E-state index < -0.39 is 0 Å². The lowest BCUT2D eigenvalue weighted by molar-refractivity contribution is -0.121. The summed E-state index contributed by atoms with van der Waals surface area (Å²) in [5.74, 6) is 0.103. The van der Waals surface area contributed by atoms with Gasteiger partial charge in [-0.1, -0.05) is 36.4 Å². The average molecular weight is 303 g/mol. The molecule has 2 aliphatic rings. The fraction of sp³-hybridized carbons (Fsp3) is 0.211. The summed E-state index contributed by atoms with van der Waals surface area (Å²) in [6.07, 6.45) is 0.763. The van der Waals surface area contributed by atoms with Crippen molar-refractivity contribution in [2.24, 2.45) is 0 Å². The Kier molecular flexibility index (Phi) is 2.64. The highest BCUT2D eigenvalue weighted by Gasteiger charge is 2.35. The number of hydrogen-bond acceptors (Lipinski definition) is 2. The van der Waals surface area contributed by atoms with E-state index in [4.69, 9.17) is 0 Å². The van der Waals surface area contributed by atoms with Gasteiger partial charge in [0.25, 0.3) is 0 Å². The molecule has 0 saturated heterocycles. The van der Waals surface area contributed by atoms with Crippen LogP contribution in [0.3, 0.4) is 0 Å². The number of amides is 1. The van der Waals surface area contributed by atoms with Gasteiger partial charge in [-0.05, 0) is 29.7 Å². The molecule has 5 rings (SSSR count). The van der Waals surface area contributed by atoms with E-state index in [-0.39, 0.29) is 11.9 Å². The molecular formula is C19H17N3O. The van der Waals surface area contributed by atoms with Gasteiger partial charge in [-0.25, -0.2) is 0 Å². The minimum Gasteiger partial charge on any atom is -0.357 e. The number of aromatic nitrogens is 1. The summed E-state index contributed by atoms with van der Waals surface area (Å²) >= 11 is 0. The zero-order valence-electron chi connectivity index (χ0n) is 12.7. The van der Waals surface area contributed by atoms with Crippen LogP contribution in [0.15, 0.2) is 48.5 Å². The van der Waals surface area contributed by atoms with Crippen molar-refractivity contribution < 1.29 is 4.79 Å². The highest BCUT2D eigenvalue weighted by molar-refractivity contribution is 5.97. The first-order valence-corrected chi connectivity index (χ1v) is 8.01. The third-order valence-electron chi connectivity index (χ3n) is 5.05. The van der Waals surface area contributed by atoms with Crippen molar-refractivity contribution in [1.29, 1.82) is 0 Å². The summed E-state index contributed by atoms with van der Waals surface area (Å²) in [5.41, 5.74) is 5.83. The van der Waals surface area contributed by atoms with Gasteiger partial charge in [0, 0.05) is 35.4 Å². The molecule has 114 valence electrons. The van der Waals surface area contributed by atoms with E-state index in [0.717, 1.165) is 30.7 Å². The number of hydrogen-bond donors (Lipinski definition) is 2. The van der Waals surface area contributed by atoms with Crippen molar-refractivity contribution in [3.8, 4) is 0 Å². The molecular weight excluding hydrogens is 286 g/mol. The molecule has 0 aliphatic carbocycles. The van der Waals surface area contributed by atoms with Crippen LogP contribution in [-0.2, 0) is 24.3 Å². The highest BCUT2D eigenvalue weighted by Crippen LogP contribution is 2.33. The van der Waals surface area contributed by atoms with Crippen molar-refractivity contribution in [2.75, 3.05) is 5.32 Å². The van der Waals surface area contributed by atoms with E-state index in [0.29, 0.717) is 0 Å². The smallest absolute Gasteiger partial charge is 0.242 e. The molecule has 4 heteroatoms. The lowest BCUT2D eigenvalue weighted by Crippen LogP contribution is -2.45. The van der Waals surface area contributed by atoms with Gasteiger partial charge in [0.1, 0.15) is 0 Å². The second-order valence-electron chi connectivity index (χ2n) is 6.40. The number of nitrogens with zero attached hydrogens (tertiary/aromatic N) is 1. The second kappa shape index (κ2) is 4.70. The lowest BCUT2D eigenvalue weighted by atomic mass is 9.96.